The van der Waals surface area contributed by atoms with E-state index in [1.54, 1.807) is 0 Å². The molecular formula is C52H109N2O5P. The van der Waals surface area contributed by atoms with Crippen molar-refractivity contribution < 1.29 is 23.3 Å². The largest absolute Gasteiger partial charge is 0.323 e. The maximum absolute atomic E-state index is 13.1. The predicted octanol–water partition coefficient (Wildman–Crippen LogP) is 18.3. The van der Waals surface area contributed by atoms with Crippen molar-refractivity contribution >= 4 is 8.25 Å². The predicted molar refractivity (Wildman–Crippen MR) is 263 cm³/mol. The number of unbranched alkanes of at least 4 members (excludes halogenated alkanes) is 36. The first-order chi connectivity index (χ1) is 29.5. The number of rotatable bonds is 52. The molecule has 2 unspecified atom stereocenters. The summed E-state index contributed by atoms with van der Waals surface area (Å²) in [5.74, 6) is 0. The summed E-state index contributed by atoms with van der Waals surface area (Å²) in [4.78, 5) is 12.6. The van der Waals surface area contributed by atoms with E-state index in [1.807, 2.05) is 13.8 Å². The van der Waals surface area contributed by atoms with Gasteiger partial charge in [-0.15, -0.1) is 0 Å². The highest BCUT2D eigenvalue weighted by molar-refractivity contribution is 7.33. The van der Waals surface area contributed by atoms with Crippen LogP contribution in [0, 0.1) is 0 Å². The number of nitrogens with zero attached hydrogens (tertiary/aromatic N) is 2. The van der Waals surface area contributed by atoms with E-state index in [1.165, 1.54) is 231 Å². The Labute approximate surface area is 377 Å². The monoisotopic (exact) mass is 873 g/mol. The Hall–Kier alpha value is -0.0100. The van der Waals surface area contributed by atoms with Crippen LogP contribution in [0.5, 0.6) is 0 Å². The van der Waals surface area contributed by atoms with Crippen LogP contribution in [0.4, 0.5) is 0 Å². The zero-order valence-corrected chi connectivity index (χ0v) is 42.7. The Morgan fingerprint density at radius 3 is 0.650 bits per heavy atom. The summed E-state index contributed by atoms with van der Waals surface area (Å²) in [6.07, 6.45) is 51.5. The maximum Gasteiger partial charge on any atom is 0.323 e. The Bertz CT molecular complexity index is 726. The molecule has 0 amide bonds. The average molecular weight is 873 g/mol. The van der Waals surface area contributed by atoms with Crippen molar-refractivity contribution in [1.82, 2.24) is 10.1 Å². The molecule has 0 rings (SSSR count). The molecule has 0 aromatic heterocycles. The molecule has 0 radical (unpaired) electrons. The van der Waals surface area contributed by atoms with Crippen molar-refractivity contribution in [2.45, 2.75) is 311 Å². The third kappa shape index (κ3) is 46.0. The molecule has 0 aromatic rings. The van der Waals surface area contributed by atoms with Gasteiger partial charge in [-0.3, -0.25) is 23.3 Å². The van der Waals surface area contributed by atoms with Crippen LogP contribution in [-0.2, 0) is 23.3 Å². The van der Waals surface area contributed by atoms with E-state index in [0.717, 1.165) is 51.9 Å². The molecule has 0 bridgehead atoms. The van der Waals surface area contributed by atoms with E-state index in [9.17, 15) is 4.57 Å². The standard InChI is InChI=1S/C52H109N2O5P/c1-7-11-15-19-23-27-31-35-39-43-47-53(48-44-40-36-32-28-24-20-16-12-8-2)56-51(5)58-60(55)59-52(6)57-54(49-45-41-37-33-29-25-21-17-13-9-3)50-46-42-38-34-30-26-22-18-14-10-4/h51-52,60H,7-50H2,1-6H3. The third-order valence-electron chi connectivity index (χ3n) is 12.2. The first-order valence-electron chi connectivity index (χ1n) is 27.2. The van der Waals surface area contributed by atoms with Gasteiger partial charge in [0.15, 0.2) is 12.6 Å². The quantitative estimate of drug-likeness (QED) is 0.0261. The minimum Gasteiger partial charge on any atom is -0.279 e. The molecule has 0 aromatic carbocycles. The van der Waals surface area contributed by atoms with Gasteiger partial charge in [-0.05, 0) is 39.5 Å². The minimum atomic E-state index is -2.80. The molecule has 362 valence electrons. The smallest absolute Gasteiger partial charge is 0.279 e. The highest BCUT2D eigenvalue weighted by Crippen LogP contribution is 2.30. The number of hydroxylamine groups is 4. The van der Waals surface area contributed by atoms with E-state index in [2.05, 4.69) is 37.8 Å². The van der Waals surface area contributed by atoms with Crippen molar-refractivity contribution in [1.29, 1.82) is 0 Å². The molecule has 0 fully saturated rings. The topological polar surface area (TPSA) is 60.5 Å². The summed E-state index contributed by atoms with van der Waals surface area (Å²) in [6, 6.07) is 0. The zero-order chi connectivity index (χ0) is 43.8. The highest BCUT2D eigenvalue weighted by Gasteiger charge is 2.18. The lowest BCUT2D eigenvalue weighted by atomic mass is 10.1. The summed E-state index contributed by atoms with van der Waals surface area (Å²) in [7, 11) is -2.80. The van der Waals surface area contributed by atoms with E-state index in [0.29, 0.717) is 0 Å². The van der Waals surface area contributed by atoms with Gasteiger partial charge in [-0.25, -0.2) is 0 Å². The first kappa shape index (κ1) is 60.0. The van der Waals surface area contributed by atoms with Gasteiger partial charge in [0.25, 0.3) is 0 Å². The summed E-state index contributed by atoms with van der Waals surface area (Å²) < 4.78 is 24.8. The van der Waals surface area contributed by atoms with E-state index in [-0.39, 0.29) is 0 Å². The summed E-state index contributed by atoms with van der Waals surface area (Å²) in [6.45, 7) is 16.4. The van der Waals surface area contributed by atoms with Gasteiger partial charge in [0.2, 0.25) is 0 Å². The summed E-state index contributed by atoms with van der Waals surface area (Å²) in [5, 5.41) is 4.16. The second-order valence-electron chi connectivity index (χ2n) is 18.4. The molecule has 0 spiro atoms. The van der Waals surface area contributed by atoms with Crippen molar-refractivity contribution in [2.75, 3.05) is 26.2 Å². The SMILES string of the molecule is CCCCCCCCCCCCN(CCCCCCCCCCCC)OC(C)O[PH](=O)OC(C)ON(CCCCCCCCCCCC)CCCCCCCCCCCC. The summed E-state index contributed by atoms with van der Waals surface area (Å²) in [5.41, 5.74) is 0. The second-order valence-corrected chi connectivity index (χ2v) is 19.4. The van der Waals surface area contributed by atoms with Crippen molar-refractivity contribution in [3.8, 4) is 0 Å². The normalized spacial score (nSPS) is 13.5. The molecule has 0 heterocycles. The van der Waals surface area contributed by atoms with Gasteiger partial charge in [0.1, 0.15) is 0 Å². The Balaban J connectivity index is 4.82. The Kier molecular flexibility index (Phi) is 50.0. The van der Waals surface area contributed by atoms with Crippen molar-refractivity contribution in [2.24, 2.45) is 0 Å². The van der Waals surface area contributed by atoms with Gasteiger partial charge in [0, 0.05) is 26.2 Å². The van der Waals surface area contributed by atoms with Crippen LogP contribution in [0.25, 0.3) is 0 Å². The average Bonchev–Trinajstić information content (AvgIpc) is 3.23. The molecule has 0 aliphatic rings. The van der Waals surface area contributed by atoms with Crippen LogP contribution in [0.2, 0.25) is 0 Å². The van der Waals surface area contributed by atoms with Gasteiger partial charge < -0.3 is 0 Å². The van der Waals surface area contributed by atoms with E-state index < -0.39 is 20.8 Å². The van der Waals surface area contributed by atoms with Crippen LogP contribution >= 0.6 is 8.25 Å². The van der Waals surface area contributed by atoms with Crippen LogP contribution in [0.1, 0.15) is 298 Å². The van der Waals surface area contributed by atoms with Gasteiger partial charge in [0.05, 0.1) is 0 Å². The molecule has 0 N–H and O–H groups in total. The molecule has 0 aliphatic carbocycles. The lowest BCUT2D eigenvalue weighted by molar-refractivity contribution is -0.262. The summed E-state index contributed by atoms with van der Waals surface area (Å²) >= 11 is 0. The van der Waals surface area contributed by atoms with Gasteiger partial charge in [-0.1, -0.05) is 259 Å². The molecule has 0 saturated heterocycles. The molecule has 8 heteroatoms. The van der Waals surface area contributed by atoms with Gasteiger partial charge >= 0.3 is 8.25 Å². The lowest BCUT2D eigenvalue weighted by Gasteiger charge is -2.27. The second kappa shape index (κ2) is 50.0. The number of hydrogen-bond donors (Lipinski definition) is 0. The fourth-order valence-electron chi connectivity index (χ4n) is 8.30. The van der Waals surface area contributed by atoms with Crippen molar-refractivity contribution in [3.05, 3.63) is 0 Å². The molecule has 2 atom stereocenters. The fourth-order valence-corrected chi connectivity index (χ4v) is 8.98. The molecule has 7 nitrogen and oxygen atoms in total. The zero-order valence-electron chi connectivity index (χ0n) is 41.7. The minimum absolute atomic E-state index is 0.635. The molecular weight excluding hydrogens is 764 g/mol. The lowest BCUT2D eigenvalue weighted by Crippen LogP contribution is -2.32. The first-order valence-corrected chi connectivity index (χ1v) is 28.4. The molecule has 60 heavy (non-hydrogen) atoms. The van der Waals surface area contributed by atoms with Crippen LogP contribution in [0.15, 0.2) is 0 Å². The van der Waals surface area contributed by atoms with Crippen LogP contribution in [-0.4, -0.2) is 48.9 Å². The van der Waals surface area contributed by atoms with Crippen LogP contribution in [0.3, 0.4) is 0 Å². The van der Waals surface area contributed by atoms with Crippen LogP contribution < -0.4 is 0 Å². The highest BCUT2D eigenvalue weighted by atomic mass is 31.1. The van der Waals surface area contributed by atoms with E-state index in [4.69, 9.17) is 18.7 Å². The van der Waals surface area contributed by atoms with E-state index >= 15 is 0 Å². The third-order valence-corrected chi connectivity index (χ3v) is 13.2. The number of hydrogen-bond acceptors (Lipinski definition) is 7. The maximum atomic E-state index is 13.1. The Morgan fingerprint density at radius 2 is 0.467 bits per heavy atom. The van der Waals surface area contributed by atoms with Crippen molar-refractivity contribution in [3.63, 3.8) is 0 Å². The fraction of sp³-hybridized carbons (Fsp3) is 1.00. The Morgan fingerprint density at radius 1 is 0.300 bits per heavy atom. The molecule has 0 aliphatic heterocycles. The molecule has 0 saturated carbocycles. The van der Waals surface area contributed by atoms with Gasteiger partial charge in [-0.2, -0.15) is 10.1 Å².